The van der Waals surface area contributed by atoms with Gasteiger partial charge in [-0.05, 0) is 73.8 Å². The summed E-state index contributed by atoms with van der Waals surface area (Å²) in [6, 6.07) is 8.69. The maximum absolute atomic E-state index is 13.6. The topological polar surface area (TPSA) is 56.9 Å². The van der Waals surface area contributed by atoms with Gasteiger partial charge in [-0.1, -0.05) is 0 Å². The number of nitrogens with zero attached hydrogens (tertiary/aromatic N) is 2. The van der Waals surface area contributed by atoms with E-state index >= 15 is 0 Å². The van der Waals surface area contributed by atoms with Gasteiger partial charge in [-0.25, -0.2) is 4.39 Å². The van der Waals surface area contributed by atoms with Crippen LogP contribution in [-0.4, -0.2) is 10.1 Å². The average molecular weight is 310 g/mol. The standard InChI is InChI=1S/C19H19FN2O/c20-14-1-2-17-15(9-14)16(5-8-22-17)19(23)11-18(12-19)6-3-13(10-21)4-7-18/h1-2,5,8-9,13,23H,3-4,6-7,11-12H2. The highest BCUT2D eigenvalue weighted by atomic mass is 19.1. The van der Waals surface area contributed by atoms with E-state index in [1.165, 1.54) is 12.1 Å². The molecule has 118 valence electrons. The third kappa shape index (κ3) is 2.31. The molecule has 2 aliphatic rings. The number of halogens is 1. The molecule has 1 N–H and O–H groups in total. The predicted octanol–water partition coefficient (Wildman–Crippen LogP) is 4.06. The van der Waals surface area contributed by atoms with Crippen molar-refractivity contribution in [3.8, 4) is 6.07 Å². The van der Waals surface area contributed by atoms with Crippen LogP contribution in [0, 0.1) is 28.5 Å². The van der Waals surface area contributed by atoms with Crippen LogP contribution in [0.5, 0.6) is 0 Å². The zero-order valence-electron chi connectivity index (χ0n) is 12.9. The van der Waals surface area contributed by atoms with Crippen LogP contribution in [0.2, 0.25) is 0 Å². The zero-order chi connectivity index (χ0) is 16.1. The Morgan fingerprint density at radius 1 is 1.22 bits per heavy atom. The van der Waals surface area contributed by atoms with Crippen molar-refractivity contribution in [2.75, 3.05) is 0 Å². The minimum Gasteiger partial charge on any atom is -0.385 e. The highest BCUT2D eigenvalue weighted by Gasteiger charge is 2.55. The second-order valence-corrected chi connectivity index (χ2v) is 7.31. The normalized spacial score (nSPS) is 33.3. The van der Waals surface area contributed by atoms with Gasteiger partial charge in [-0.15, -0.1) is 0 Å². The molecule has 4 heteroatoms. The van der Waals surface area contributed by atoms with E-state index in [9.17, 15) is 9.50 Å². The molecule has 1 aromatic heterocycles. The molecule has 0 aliphatic heterocycles. The molecule has 23 heavy (non-hydrogen) atoms. The van der Waals surface area contributed by atoms with E-state index in [1.807, 2.05) is 6.07 Å². The molecule has 2 aromatic rings. The van der Waals surface area contributed by atoms with Crippen molar-refractivity contribution in [1.29, 1.82) is 5.26 Å². The Morgan fingerprint density at radius 2 is 1.96 bits per heavy atom. The maximum atomic E-state index is 13.6. The summed E-state index contributed by atoms with van der Waals surface area (Å²) >= 11 is 0. The molecule has 1 spiro atoms. The van der Waals surface area contributed by atoms with Gasteiger partial charge in [-0.3, -0.25) is 4.98 Å². The molecule has 0 radical (unpaired) electrons. The van der Waals surface area contributed by atoms with Gasteiger partial charge in [-0.2, -0.15) is 5.26 Å². The summed E-state index contributed by atoms with van der Waals surface area (Å²) < 4.78 is 13.6. The van der Waals surface area contributed by atoms with Crippen LogP contribution in [0.15, 0.2) is 30.5 Å². The lowest BCUT2D eigenvalue weighted by Gasteiger charge is -2.56. The van der Waals surface area contributed by atoms with Crippen molar-refractivity contribution in [1.82, 2.24) is 4.98 Å². The quantitative estimate of drug-likeness (QED) is 0.864. The van der Waals surface area contributed by atoms with Gasteiger partial charge in [0.1, 0.15) is 5.82 Å². The first-order valence-corrected chi connectivity index (χ1v) is 8.20. The van der Waals surface area contributed by atoms with Gasteiger partial charge < -0.3 is 5.11 Å². The van der Waals surface area contributed by atoms with Gasteiger partial charge in [0, 0.05) is 17.5 Å². The number of hydrogen-bond acceptors (Lipinski definition) is 3. The number of fused-ring (bicyclic) bond motifs is 1. The Labute approximate surface area is 134 Å². The first-order chi connectivity index (χ1) is 11.0. The summed E-state index contributed by atoms with van der Waals surface area (Å²) in [5.41, 5.74) is 0.765. The smallest absolute Gasteiger partial charge is 0.123 e. The lowest BCUT2D eigenvalue weighted by atomic mass is 9.51. The second-order valence-electron chi connectivity index (χ2n) is 7.31. The Bertz CT molecular complexity index is 795. The lowest BCUT2D eigenvalue weighted by molar-refractivity contribution is -0.150. The summed E-state index contributed by atoms with van der Waals surface area (Å²) in [6.45, 7) is 0. The number of aliphatic hydroxyl groups is 1. The van der Waals surface area contributed by atoms with Crippen LogP contribution in [0.1, 0.15) is 44.1 Å². The number of nitriles is 1. The molecule has 1 heterocycles. The third-order valence-electron chi connectivity index (χ3n) is 5.77. The van der Waals surface area contributed by atoms with Crippen molar-refractivity contribution in [2.45, 2.75) is 44.1 Å². The van der Waals surface area contributed by atoms with E-state index in [1.54, 1.807) is 12.3 Å². The molecule has 2 saturated carbocycles. The molecule has 0 saturated heterocycles. The Morgan fingerprint density at radius 3 is 2.65 bits per heavy atom. The molecular weight excluding hydrogens is 291 g/mol. The van der Waals surface area contributed by atoms with E-state index in [2.05, 4.69) is 11.1 Å². The van der Waals surface area contributed by atoms with Crippen LogP contribution in [0.3, 0.4) is 0 Å². The number of pyridine rings is 1. The Balaban J connectivity index is 1.63. The number of hydrogen-bond donors (Lipinski definition) is 1. The number of aromatic nitrogens is 1. The van der Waals surface area contributed by atoms with Gasteiger partial charge in [0.15, 0.2) is 0 Å². The highest BCUT2D eigenvalue weighted by molar-refractivity contribution is 5.83. The van der Waals surface area contributed by atoms with Crippen LogP contribution in [0.4, 0.5) is 4.39 Å². The van der Waals surface area contributed by atoms with Crippen molar-refractivity contribution in [3.63, 3.8) is 0 Å². The zero-order valence-corrected chi connectivity index (χ0v) is 12.9. The Kier molecular flexibility index (Phi) is 3.18. The van der Waals surface area contributed by atoms with Crippen LogP contribution in [-0.2, 0) is 5.60 Å². The van der Waals surface area contributed by atoms with Crippen molar-refractivity contribution in [3.05, 3.63) is 41.8 Å². The summed E-state index contributed by atoms with van der Waals surface area (Å²) in [4.78, 5) is 4.27. The maximum Gasteiger partial charge on any atom is 0.123 e. The van der Waals surface area contributed by atoms with Gasteiger partial charge in [0.05, 0.1) is 17.2 Å². The van der Waals surface area contributed by atoms with E-state index < -0.39 is 5.60 Å². The van der Waals surface area contributed by atoms with E-state index in [4.69, 9.17) is 5.26 Å². The monoisotopic (exact) mass is 310 g/mol. The Hall–Kier alpha value is -1.99. The number of rotatable bonds is 1. The second kappa shape index (κ2) is 5.01. The van der Waals surface area contributed by atoms with Crippen LogP contribution >= 0.6 is 0 Å². The third-order valence-corrected chi connectivity index (χ3v) is 5.77. The molecular formula is C19H19FN2O. The van der Waals surface area contributed by atoms with Crippen molar-refractivity contribution >= 4 is 10.9 Å². The summed E-state index contributed by atoms with van der Waals surface area (Å²) in [7, 11) is 0. The van der Waals surface area contributed by atoms with Gasteiger partial charge in [0.25, 0.3) is 0 Å². The van der Waals surface area contributed by atoms with Crippen molar-refractivity contribution in [2.24, 2.45) is 11.3 Å². The molecule has 2 aliphatic carbocycles. The first-order valence-electron chi connectivity index (χ1n) is 8.20. The average Bonchev–Trinajstić information content (AvgIpc) is 2.53. The molecule has 4 rings (SSSR count). The summed E-state index contributed by atoms with van der Waals surface area (Å²) in [6.07, 6.45) is 6.96. The van der Waals surface area contributed by atoms with Crippen molar-refractivity contribution < 1.29 is 9.50 Å². The molecule has 0 bridgehead atoms. The van der Waals surface area contributed by atoms with E-state index in [-0.39, 0.29) is 17.2 Å². The SMILES string of the molecule is N#CC1CCC2(CC1)CC(O)(c1ccnc3ccc(F)cc13)C2. The molecule has 0 atom stereocenters. The number of benzene rings is 1. The fourth-order valence-corrected chi connectivity index (χ4v) is 4.62. The van der Waals surface area contributed by atoms with Crippen LogP contribution < -0.4 is 0 Å². The summed E-state index contributed by atoms with van der Waals surface area (Å²) in [5, 5.41) is 20.8. The summed E-state index contributed by atoms with van der Waals surface area (Å²) in [5.74, 6) is -0.135. The van der Waals surface area contributed by atoms with Gasteiger partial charge in [0.2, 0.25) is 0 Å². The van der Waals surface area contributed by atoms with E-state index in [0.717, 1.165) is 31.2 Å². The molecule has 0 unspecified atom stereocenters. The molecule has 1 aromatic carbocycles. The van der Waals surface area contributed by atoms with Gasteiger partial charge >= 0.3 is 0 Å². The largest absolute Gasteiger partial charge is 0.385 e. The minimum atomic E-state index is -0.894. The molecule has 3 nitrogen and oxygen atoms in total. The molecule has 0 amide bonds. The predicted molar refractivity (Wildman–Crippen MR) is 84.8 cm³/mol. The first kappa shape index (κ1) is 14.6. The fourth-order valence-electron chi connectivity index (χ4n) is 4.62. The highest BCUT2D eigenvalue weighted by Crippen LogP contribution is 2.61. The minimum absolute atomic E-state index is 0.158. The van der Waals surface area contributed by atoms with E-state index in [0.29, 0.717) is 23.7 Å². The fraction of sp³-hybridized carbons (Fsp3) is 0.474. The van der Waals surface area contributed by atoms with Crippen LogP contribution in [0.25, 0.3) is 10.9 Å². The lowest BCUT2D eigenvalue weighted by Crippen LogP contribution is -2.51. The molecule has 2 fully saturated rings.